The molecule has 0 aliphatic rings. The van der Waals surface area contributed by atoms with Crippen LogP contribution in [-0.2, 0) is 19.5 Å². The van der Waals surface area contributed by atoms with Crippen molar-refractivity contribution in [2.45, 2.75) is 0 Å². The summed E-state index contributed by atoms with van der Waals surface area (Å²) in [5.74, 6) is 0. The van der Waals surface area contributed by atoms with Crippen LogP contribution in [-0.4, -0.2) is 24.8 Å². The first-order valence-electron chi connectivity index (χ1n) is 0.577. The maximum absolute atomic E-state index is 4.50. The molecule has 0 aromatic rings. The van der Waals surface area contributed by atoms with Crippen LogP contribution >= 0.6 is 0 Å². The van der Waals surface area contributed by atoms with Gasteiger partial charge >= 0.3 is 19.5 Å². The SMILES string of the molecule is BN.[BH4-].[BH4-].[Zn+2]. The van der Waals surface area contributed by atoms with Crippen LogP contribution in [0.3, 0.4) is 0 Å². The molecule has 2 N–H and O–H groups in total. The second kappa shape index (κ2) is 113. The Balaban J connectivity index is -0.00000000167. The quantitative estimate of drug-likeness (QED) is 0.324. The summed E-state index contributed by atoms with van der Waals surface area (Å²) in [6.45, 7) is 0. The van der Waals surface area contributed by atoms with Gasteiger partial charge in [0.1, 0.15) is 0 Å². The molecule has 0 rings (SSSR count). The van der Waals surface area contributed by atoms with Crippen molar-refractivity contribution in [3.63, 3.8) is 0 Å². The average molecular weight is 124 g/mol. The van der Waals surface area contributed by atoms with Crippen molar-refractivity contribution >= 4 is 24.8 Å². The van der Waals surface area contributed by atoms with Gasteiger partial charge in [-0.05, 0) is 0 Å². The van der Waals surface area contributed by atoms with Crippen LogP contribution in [0.1, 0.15) is 0 Å². The first-order valence-corrected chi connectivity index (χ1v) is 0.577. The second-order valence-corrected chi connectivity index (χ2v) is 0. The monoisotopic (exact) mass is 123 g/mol. The second-order valence-electron chi connectivity index (χ2n) is 0. The van der Waals surface area contributed by atoms with Crippen LogP contribution in [0.2, 0.25) is 0 Å². The summed E-state index contributed by atoms with van der Waals surface area (Å²) < 4.78 is 0. The van der Waals surface area contributed by atoms with Crippen molar-refractivity contribution in [2.75, 3.05) is 0 Å². The van der Waals surface area contributed by atoms with E-state index in [1.807, 2.05) is 0 Å². The minimum Gasteiger partial charge on any atom is -0.376 e. The minimum absolute atomic E-state index is 0. The van der Waals surface area contributed by atoms with Crippen molar-refractivity contribution < 1.29 is 19.5 Å². The van der Waals surface area contributed by atoms with Gasteiger partial charge in [-0.2, -0.15) is 0 Å². The molecule has 0 bridgehead atoms. The Bertz CT molecular complexity index is 6.85. The van der Waals surface area contributed by atoms with Crippen LogP contribution in [0.25, 0.3) is 0 Å². The Labute approximate surface area is 50.4 Å². The molecule has 0 atom stereocenters. The van der Waals surface area contributed by atoms with Crippen molar-refractivity contribution in [2.24, 2.45) is 5.64 Å². The third-order valence-electron chi connectivity index (χ3n) is 0. The number of hydrogen-bond acceptors (Lipinski definition) is 1. The molecule has 28 valence electrons. The summed E-state index contributed by atoms with van der Waals surface area (Å²) in [6, 6.07) is 0. The fraction of sp³-hybridized carbons (Fsp3) is 0. The predicted octanol–water partition coefficient (Wildman–Crippen LogP) is -4.41. The topological polar surface area (TPSA) is 26.0 Å². The summed E-state index contributed by atoms with van der Waals surface area (Å²) in [5, 5.41) is 0. The van der Waals surface area contributed by atoms with Crippen LogP contribution in [0.5, 0.6) is 0 Å². The van der Waals surface area contributed by atoms with Crippen molar-refractivity contribution in [1.29, 1.82) is 0 Å². The Morgan fingerprint density at radius 1 is 1.00 bits per heavy atom. The minimum atomic E-state index is 0. The average Bonchev–Trinajstić information content (AvgIpc) is 1.00. The van der Waals surface area contributed by atoms with Gasteiger partial charge in [-0.15, -0.1) is 0 Å². The van der Waals surface area contributed by atoms with E-state index in [-0.39, 0.29) is 36.3 Å². The molecule has 1 nitrogen and oxygen atoms in total. The number of rotatable bonds is 0. The van der Waals surface area contributed by atoms with Crippen LogP contribution < -0.4 is 5.64 Å². The van der Waals surface area contributed by atoms with E-state index >= 15 is 0 Å². The zero-order valence-corrected chi connectivity index (χ0v) is 5.25. The van der Waals surface area contributed by atoms with Gasteiger partial charge in [0.15, 0.2) is 7.98 Å². The summed E-state index contributed by atoms with van der Waals surface area (Å²) in [7, 11) is 1.50. The molecule has 0 aliphatic carbocycles. The van der Waals surface area contributed by atoms with E-state index in [1.54, 1.807) is 0 Å². The van der Waals surface area contributed by atoms with E-state index in [4.69, 9.17) is 0 Å². The Kier molecular flexibility index (Phi) is 940. The van der Waals surface area contributed by atoms with Crippen LogP contribution in [0.4, 0.5) is 0 Å². The summed E-state index contributed by atoms with van der Waals surface area (Å²) in [5.41, 5.74) is 4.50. The predicted molar refractivity (Wildman–Crippen MR) is 35.4 cm³/mol. The number of nitrogens with two attached hydrogens (primary N) is 1. The molecule has 0 fully saturated rings. The van der Waals surface area contributed by atoms with E-state index in [0.29, 0.717) is 0 Å². The summed E-state index contributed by atoms with van der Waals surface area (Å²) in [4.78, 5) is 0. The van der Waals surface area contributed by atoms with Gasteiger partial charge in [0.25, 0.3) is 0 Å². The Morgan fingerprint density at radius 2 is 1.00 bits per heavy atom. The summed E-state index contributed by atoms with van der Waals surface area (Å²) >= 11 is 0. The van der Waals surface area contributed by atoms with Gasteiger partial charge < -0.3 is 5.64 Å². The van der Waals surface area contributed by atoms with Crippen molar-refractivity contribution in [3.8, 4) is 0 Å². The molecule has 5 heteroatoms. The van der Waals surface area contributed by atoms with E-state index in [0.717, 1.165) is 0 Å². The molecule has 0 unspecified atom stereocenters. The smallest absolute Gasteiger partial charge is 0.376 e. The molecule has 0 saturated carbocycles. The summed E-state index contributed by atoms with van der Waals surface area (Å²) in [6.07, 6.45) is 0. The van der Waals surface area contributed by atoms with Gasteiger partial charge in [-0.25, -0.2) is 0 Å². The van der Waals surface area contributed by atoms with Gasteiger partial charge in [-0.1, -0.05) is 16.8 Å². The van der Waals surface area contributed by atoms with Gasteiger partial charge in [0, 0.05) is 0 Å². The third-order valence-corrected chi connectivity index (χ3v) is 0. The zero-order chi connectivity index (χ0) is 2.00. The molecular weight excluding hydrogens is 112 g/mol. The normalized spacial score (nSPS) is 1.00. The fourth-order valence-electron chi connectivity index (χ4n) is 0. The Hall–Kier alpha value is 0.778. The molecule has 0 saturated heterocycles. The van der Waals surface area contributed by atoms with Gasteiger partial charge in [0.05, 0.1) is 0 Å². The van der Waals surface area contributed by atoms with E-state index < -0.39 is 0 Å². The molecule has 0 spiro atoms. The first kappa shape index (κ1) is 41.7. The van der Waals surface area contributed by atoms with Crippen molar-refractivity contribution in [1.82, 2.24) is 0 Å². The van der Waals surface area contributed by atoms with Crippen LogP contribution in [0, 0.1) is 0 Å². The van der Waals surface area contributed by atoms with Crippen LogP contribution in [0.15, 0.2) is 0 Å². The fourth-order valence-corrected chi connectivity index (χ4v) is 0. The largest absolute Gasteiger partial charge is 2.00 e. The molecule has 0 radical (unpaired) electrons. The standard InChI is InChI=1S/BH4N.2BH4.Zn/c1-2;;;/h1-2H2;2*1H4;/q;2*-1;+2. The maximum atomic E-state index is 4.50. The zero-order valence-electron chi connectivity index (χ0n) is 2.28. The maximum Gasteiger partial charge on any atom is 2.00 e. The van der Waals surface area contributed by atoms with Gasteiger partial charge in [-0.3, -0.25) is 0 Å². The molecule has 0 aromatic carbocycles. The third kappa shape index (κ3) is 60.9. The molecule has 0 aliphatic heterocycles. The molecule has 0 aromatic heterocycles. The molecular formula is H12B3NZn. The Morgan fingerprint density at radius 3 is 1.00 bits per heavy atom. The number of hydrogen-bond donors (Lipinski definition) is 1. The van der Waals surface area contributed by atoms with E-state index in [9.17, 15) is 0 Å². The van der Waals surface area contributed by atoms with E-state index in [2.05, 4.69) is 5.64 Å². The van der Waals surface area contributed by atoms with E-state index in [1.165, 1.54) is 7.98 Å². The van der Waals surface area contributed by atoms with Crippen molar-refractivity contribution in [3.05, 3.63) is 0 Å². The van der Waals surface area contributed by atoms with Gasteiger partial charge in [0.2, 0.25) is 0 Å². The molecule has 5 heavy (non-hydrogen) atoms. The first-order chi connectivity index (χ1) is 1.00. The molecule has 0 amide bonds. The molecule has 0 heterocycles.